The molecular weight excluding hydrogens is 130 g/mol. The molecule has 3 N–H and O–H groups in total. The minimum Gasteiger partial charge on any atom is -0.292 e. The third-order valence-electron chi connectivity index (χ3n) is 1.28. The van der Waals surface area contributed by atoms with Crippen LogP contribution in [0.15, 0.2) is 16.6 Å². The minimum absolute atomic E-state index is 0.239. The summed E-state index contributed by atoms with van der Waals surface area (Å²) in [6, 6.07) is 0. The van der Waals surface area contributed by atoms with Gasteiger partial charge in [0.1, 0.15) is 0 Å². The summed E-state index contributed by atoms with van der Waals surface area (Å²) in [7, 11) is 0. The highest BCUT2D eigenvalue weighted by Crippen LogP contribution is 2.00. The van der Waals surface area contributed by atoms with Crippen molar-refractivity contribution in [2.45, 2.75) is 6.42 Å². The number of carbonyl (C=O) groups is 1. The average molecular weight is 139 g/mol. The molecule has 0 aromatic carbocycles. The lowest BCUT2D eigenvalue weighted by Crippen LogP contribution is -2.32. The van der Waals surface area contributed by atoms with Gasteiger partial charge in [-0.3, -0.25) is 15.2 Å². The van der Waals surface area contributed by atoms with E-state index in [-0.39, 0.29) is 5.91 Å². The first-order chi connectivity index (χ1) is 4.84. The maximum atomic E-state index is 10.8. The number of allylic oxidation sites excluding steroid dienone is 1. The number of rotatable bonds is 1. The van der Waals surface area contributed by atoms with Gasteiger partial charge in [-0.1, -0.05) is 6.08 Å². The molecule has 0 aromatic rings. The third-order valence-corrected chi connectivity index (χ3v) is 1.28. The molecule has 1 rings (SSSR count). The second kappa shape index (κ2) is 3.12. The monoisotopic (exact) mass is 139 g/mol. The molecule has 0 atom stereocenters. The van der Waals surface area contributed by atoms with Gasteiger partial charge in [-0.15, -0.1) is 0 Å². The Kier molecular flexibility index (Phi) is 2.17. The van der Waals surface area contributed by atoms with Crippen molar-refractivity contribution in [2.75, 3.05) is 6.54 Å². The lowest BCUT2D eigenvalue weighted by Gasteiger charge is -2.04. The van der Waals surface area contributed by atoms with Crippen molar-refractivity contribution < 1.29 is 4.79 Å². The Balaban J connectivity index is 2.56. The second-order valence-electron chi connectivity index (χ2n) is 1.96. The summed E-state index contributed by atoms with van der Waals surface area (Å²) >= 11 is 0. The highest BCUT2D eigenvalue weighted by atomic mass is 16.2. The van der Waals surface area contributed by atoms with Gasteiger partial charge in [0.25, 0.3) is 5.91 Å². The number of carbonyl (C=O) groups excluding carboxylic acids is 1. The molecule has 1 aliphatic heterocycles. The summed E-state index contributed by atoms with van der Waals surface area (Å²) in [4.78, 5) is 14.7. The average Bonchev–Trinajstić information content (AvgIpc) is 2.05. The molecule has 0 spiro atoms. The summed E-state index contributed by atoms with van der Waals surface area (Å²) in [6.45, 7) is 0.447. The number of hydrogen-bond acceptors (Lipinski definition) is 3. The molecule has 1 amide bonds. The minimum atomic E-state index is -0.239. The van der Waals surface area contributed by atoms with Crippen LogP contribution in [0.3, 0.4) is 0 Å². The van der Waals surface area contributed by atoms with Gasteiger partial charge in [-0.25, -0.2) is 5.84 Å². The zero-order valence-electron chi connectivity index (χ0n) is 5.50. The van der Waals surface area contributed by atoms with E-state index in [0.717, 1.165) is 6.42 Å². The van der Waals surface area contributed by atoms with Crippen LogP contribution in [0.1, 0.15) is 6.42 Å². The molecule has 4 nitrogen and oxygen atoms in total. The van der Waals surface area contributed by atoms with E-state index in [4.69, 9.17) is 5.84 Å². The first kappa shape index (κ1) is 6.95. The Morgan fingerprint density at radius 2 is 2.60 bits per heavy atom. The third kappa shape index (κ3) is 1.41. The fraction of sp³-hybridized carbons (Fsp3) is 0.333. The molecule has 10 heavy (non-hydrogen) atoms. The van der Waals surface area contributed by atoms with Gasteiger partial charge in [0.15, 0.2) is 0 Å². The van der Waals surface area contributed by atoms with Gasteiger partial charge in [0.2, 0.25) is 0 Å². The van der Waals surface area contributed by atoms with Crippen LogP contribution in [0.4, 0.5) is 0 Å². The van der Waals surface area contributed by atoms with Gasteiger partial charge in [0.05, 0.1) is 6.54 Å². The predicted molar refractivity (Wildman–Crippen MR) is 38.4 cm³/mol. The number of hydrogen-bond donors (Lipinski definition) is 2. The van der Waals surface area contributed by atoms with Crippen molar-refractivity contribution in [1.82, 2.24) is 5.43 Å². The van der Waals surface area contributed by atoms with Crippen LogP contribution in [0.5, 0.6) is 0 Å². The number of hydrazine groups is 1. The lowest BCUT2D eigenvalue weighted by molar-refractivity contribution is -0.117. The number of nitrogens with zero attached hydrogens (tertiary/aromatic N) is 1. The SMILES string of the molecule is NNC(=O)C1=CCC=NC1. The van der Waals surface area contributed by atoms with Crippen LogP contribution < -0.4 is 11.3 Å². The summed E-state index contributed by atoms with van der Waals surface area (Å²) in [6.07, 6.45) is 4.31. The van der Waals surface area contributed by atoms with Crippen LogP contribution >= 0.6 is 0 Å². The van der Waals surface area contributed by atoms with Crippen molar-refractivity contribution in [3.8, 4) is 0 Å². The fourth-order valence-corrected chi connectivity index (χ4v) is 0.754. The van der Waals surface area contributed by atoms with Crippen LogP contribution in [0.25, 0.3) is 0 Å². The molecule has 0 bridgehead atoms. The van der Waals surface area contributed by atoms with Crippen molar-refractivity contribution in [3.05, 3.63) is 11.6 Å². The normalized spacial score (nSPS) is 16.3. The van der Waals surface area contributed by atoms with Crippen molar-refractivity contribution in [3.63, 3.8) is 0 Å². The van der Waals surface area contributed by atoms with Crippen LogP contribution in [0.2, 0.25) is 0 Å². The van der Waals surface area contributed by atoms with Crippen molar-refractivity contribution in [1.29, 1.82) is 0 Å². The number of nitrogens with one attached hydrogen (secondary N) is 1. The molecule has 4 heteroatoms. The molecule has 0 saturated heterocycles. The largest absolute Gasteiger partial charge is 0.292 e. The van der Waals surface area contributed by atoms with Crippen LogP contribution in [-0.2, 0) is 4.79 Å². The molecule has 0 aliphatic carbocycles. The van der Waals surface area contributed by atoms with E-state index in [1.165, 1.54) is 0 Å². The molecule has 1 heterocycles. The van der Waals surface area contributed by atoms with E-state index in [2.05, 4.69) is 10.4 Å². The molecule has 0 saturated carbocycles. The van der Waals surface area contributed by atoms with Gasteiger partial charge in [-0.05, 0) is 0 Å². The standard InChI is InChI=1S/C6H9N3O/c7-9-6(10)5-2-1-3-8-4-5/h2-3H,1,4,7H2,(H,9,10). The topological polar surface area (TPSA) is 67.5 Å². The van der Waals surface area contributed by atoms with Crippen LogP contribution in [0, 0.1) is 0 Å². The predicted octanol–water partition coefficient (Wildman–Crippen LogP) is -0.623. The smallest absolute Gasteiger partial charge is 0.262 e. The molecule has 0 fully saturated rings. The maximum absolute atomic E-state index is 10.8. The van der Waals surface area contributed by atoms with Crippen molar-refractivity contribution >= 4 is 12.1 Å². The Bertz CT molecular complexity index is 195. The Morgan fingerprint density at radius 1 is 1.80 bits per heavy atom. The molecular formula is C6H9N3O. The van der Waals surface area contributed by atoms with E-state index in [1.54, 1.807) is 6.21 Å². The highest BCUT2D eigenvalue weighted by Gasteiger charge is 2.06. The zero-order chi connectivity index (χ0) is 7.40. The molecule has 0 unspecified atom stereocenters. The van der Waals surface area contributed by atoms with Crippen LogP contribution in [-0.4, -0.2) is 18.7 Å². The van der Waals surface area contributed by atoms with E-state index < -0.39 is 0 Å². The van der Waals surface area contributed by atoms with E-state index >= 15 is 0 Å². The maximum Gasteiger partial charge on any atom is 0.262 e. The lowest BCUT2D eigenvalue weighted by atomic mass is 10.2. The Morgan fingerprint density at radius 3 is 3.10 bits per heavy atom. The van der Waals surface area contributed by atoms with Crippen molar-refractivity contribution in [2.24, 2.45) is 10.8 Å². The van der Waals surface area contributed by atoms with E-state index in [0.29, 0.717) is 12.1 Å². The van der Waals surface area contributed by atoms with E-state index in [1.807, 2.05) is 6.08 Å². The first-order valence-electron chi connectivity index (χ1n) is 3.03. The van der Waals surface area contributed by atoms with Gasteiger partial charge in [0, 0.05) is 18.2 Å². The molecule has 1 aliphatic rings. The summed E-state index contributed by atoms with van der Waals surface area (Å²) in [5, 5.41) is 0. The van der Waals surface area contributed by atoms with Gasteiger partial charge >= 0.3 is 0 Å². The molecule has 54 valence electrons. The number of dihydropyridines is 1. The Hall–Kier alpha value is -1.16. The number of amides is 1. The Labute approximate surface area is 58.8 Å². The number of aliphatic imine (C=N–C) groups is 1. The molecule has 0 aromatic heterocycles. The summed E-state index contributed by atoms with van der Waals surface area (Å²) in [5.41, 5.74) is 2.70. The highest BCUT2D eigenvalue weighted by molar-refractivity contribution is 5.94. The summed E-state index contributed by atoms with van der Waals surface area (Å²) in [5.74, 6) is 4.67. The quantitative estimate of drug-likeness (QED) is 0.289. The van der Waals surface area contributed by atoms with Gasteiger partial charge < -0.3 is 0 Å². The van der Waals surface area contributed by atoms with E-state index in [9.17, 15) is 4.79 Å². The first-order valence-corrected chi connectivity index (χ1v) is 3.03. The molecule has 0 radical (unpaired) electrons. The fourth-order valence-electron chi connectivity index (χ4n) is 0.754. The second-order valence-corrected chi connectivity index (χ2v) is 1.96. The number of nitrogens with two attached hydrogens (primary N) is 1. The zero-order valence-corrected chi connectivity index (χ0v) is 5.50. The summed E-state index contributed by atoms with van der Waals surface area (Å²) < 4.78 is 0. The van der Waals surface area contributed by atoms with Gasteiger partial charge in [-0.2, -0.15) is 0 Å².